The summed E-state index contributed by atoms with van der Waals surface area (Å²) in [5.74, 6) is 1.83. The van der Waals surface area contributed by atoms with Crippen LogP contribution in [-0.2, 0) is 0 Å². The van der Waals surface area contributed by atoms with Crippen LogP contribution >= 0.6 is 11.6 Å². The number of rotatable bonds is 7. The zero-order valence-electron chi connectivity index (χ0n) is 20.9. The highest BCUT2D eigenvalue weighted by Crippen LogP contribution is 2.46. The highest BCUT2D eigenvalue weighted by Gasteiger charge is 2.39. The van der Waals surface area contributed by atoms with Gasteiger partial charge in [0.05, 0.1) is 39.0 Å². The van der Waals surface area contributed by atoms with Gasteiger partial charge in [-0.15, -0.1) is 0 Å². The second-order valence-electron chi connectivity index (χ2n) is 8.89. The molecule has 0 bridgehead atoms. The smallest absolute Gasteiger partial charge is 0.197 e. The maximum atomic E-state index is 13.4. The number of hydrogen-bond acceptors (Lipinski definition) is 7. The summed E-state index contributed by atoms with van der Waals surface area (Å²) >= 11 is 6.44. The average molecular weight is 522 g/mol. The Labute approximate surface area is 219 Å². The van der Waals surface area contributed by atoms with E-state index in [1.807, 2.05) is 36.4 Å². The summed E-state index contributed by atoms with van der Waals surface area (Å²) in [5, 5.41) is 11.3. The minimum Gasteiger partial charge on any atom is -0.497 e. The maximum absolute atomic E-state index is 13.4. The molecule has 7 nitrogen and oxygen atoms in total. The van der Waals surface area contributed by atoms with Crippen LogP contribution in [0, 0.1) is 0 Å². The maximum Gasteiger partial charge on any atom is 0.197 e. The van der Waals surface area contributed by atoms with E-state index < -0.39 is 0 Å². The number of hydrogen-bond donors (Lipinski definition) is 1. The van der Waals surface area contributed by atoms with Crippen molar-refractivity contribution in [2.75, 3.05) is 39.4 Å². The number of methoxy groups -OCH3 is 3. The molecule has 1 N–H and O–H groups in total. The van der Waals surface area contributed by atoms with Gasteiger partial charge in [0.15, 0.2) is 5.43 Å². The number of anilines is 1. The van der Waals surface area contributed by atoms with Crippen molar-refractivity contribution < 1.29 is 23.7 Å². The molecule has 192 valence electrons. The van der Waals surface area contributed by atoms with Crippen LogP contribution < -0.4 is 24.5 Å². The molecule has 0 radical (unpaired) electrons. The van der Waals surface area contributed by atoms with Gasteiger partial charge in [0.2, 0.25) is 0 Å². The molecule has 1 aliphatic rings. The van der Waals surface area contributed by atoms with Gasteiger partial charge >= 0.3 is 0 Å². The number of halogens is 1. The molecular formula is C29H28ClNO6. The highest BCUT2D eigenvalue weighted by atomic mass is 35.5. The lowest BCUT2D eigenvalue weighted by Crippen LogP contribution is -2.35. The zero-order valence-corrected chi connectivity index (χ0v) is 21.6. The van der Waals surface area contributed by atoms with Crippen LogP contribution in [0.3, 0.4) is 0 Å². The number of ether oxygens (including phenoxy) is 3. The van der Waals surface area contributed by atoms with E-state index in [2.05, 4.69) is 4.90 Å². The summed E-state index contributed by atoms with van der Waals surface area (Å²) in [7, 11) is 4.71. The minimum atomic E-state index is -0.270. The van der Waals surface area contributed by atoms with Gasteiger partial charge in [0.1, 0.15) is 34.0 Å². The molecule has 37 heavy (non-hydrogen) atoms. The van der Waals surface area contributed by atoms with Gasteiger partial charge in [-0.3, -0.25) is 4.79 Å². The van der Waals surface area contributed by atoms with Crippen molar-refractivity contribution in [2.24, 2.45) is 0 Å². The van der Waals surface area contributed by atoms with Gasteiger partial charge in [-0.25, -0.2) is 0 Å². The Balaban J connectivity index is 1.71. The normalized spacial score (nSPS) is 17.3. The van der Waals surface area contributed by atoms with Crippen molar-refractivity contribution in [1.82, 2.24) is 0 Å². The van der Waals surface area contributed by atoms with E-state index in [0.717, 1.165) is 23.4 Å². The summed E-state index contributed by atoms with van der Waals surface area (Å²) in [6, 6.07) is 17.8. The molecule has 0 aliphatic carbocycles. The molecule has 2 atom stereocenters. The predicted octanol–water partition coefficient (Wildman–Crippen LogP) is 5.49. The standard InChI is InChI=1S/C29H28ClNO6/c1-34-18-10-8-17(9-11-18)31-13-12-20(22(31)16-32)27-25(35-2)15-26(36-3)28-23(33)14-24(37-29(27)28)19-6-4-5-7-21(19)30/h4-11,14-15,20,22,32H,12-13,16H2,1-3H3. The second kappa shape index (κ2) is 10.4. The molecule has 4 aromatic rings. The number of benzene rings is 3. The lowest BCUT2D eigenvalue weighted by molar-refractivity contribution is 0.255. The summed E-state index contributed by atoms with van der Waals surface area (Å²) in [4.78, 5) is 15.6. The lowest BCUT2D eigenvalue weighted by Gasteiger charge is -2.29. The quantitative estimate of drug-likeness (QED) is 0.344. The summed E-state index contributed by atoms with van der Waals surface area (Å²) < 4.78 is 23.1. The van der Waals surface area contributed by atoms with Gasteiger partial charge in [0.25, 0.3) is 0 Å². The molecule has 1 aliphatic heterocycles. The monoisotopic (exact) mass is 521 g/mol. The second-order valence-corrected chi connectivity index (χ2v) is 9.30. The van der Waals surface area contributed by atoms with Crippen LogP contribution in [0.4, 0.5) is 5.69 Å². The van der Waals surface area contributed by atoms with Crippen molar-refractivity contribution in [3.8, 4) is 28.6 Å². The van der Waals surface area contributed by atoms with Crippen molar-refractivity contribution in [3.63, 3.8) is 0 Å². The zero-order chi connectivity index (χ0) is 26.1. The molecule has 1 saturated heterocycles. The van der Waals surface area contributed by atoms with Gasteiger partial charge in [0, 0.05) is 41.4 Å². The molecule has 0 amide bonds. The van der Waals surface area contributed by atoms with Gasteiger partial charge in [-0.05, 0) is 42.8 Å². The molecule has 1 aromatic heterocycles. The largest absolute Gasteiger partial charge is 0.497 e. The first-order valence-electron chi connectivity index (χ1n) is 12.0. The van der Waals surface area contributed by atoms with Crippen molar-refractivity contribution in [1.29, 1.82) is 0 Å². The van der Waals surface area contributed by atoms with Gasteiger partial charge in [-0.1, -0.05) is 23.7 Å². The van der Waals surface area contributed by atoms with Gasteiger partial charge < -0.3 is 28.6 Å². The van der Waals surface area contributed by atoms with E-state index in [1.165, 1.54) is 13.2 Å². The first-order valence-corrected chi connectivity index (χ1v) is 12.4. The number of fused-ring (bicyclic) bond motifs is 1. The van der Waals surface area contributed by atoms with Gasteiger partial charge in [-0.2, -0.15) is 0 Å². The Kier molecular flexibility index (Phi) is 7.00. The fraction of sp³-hybridized carbons (Fsp3) is 0.276. The molecule has 3 aromatic carbocycles. The van der Waals surface area contributed by atoms with Crippen molar-refractivity contribution >= 4 is 28.3 Å². The van der Waals surface area contributed by atoms with Crippen LogP contribution in [0.2, 0.25) is 5.02 Å². The Morgan fingerprint density at radius 3 is 2.38 bits per heavy atom. The van der Waals surface area contributed by atoms with E-state index in [4.69, 9.17) is 30.2 Å². The molecule has 0 saturated carbocycles. The lowest BCUT2D eigenvalue weighted by atomic mass is 9.89. The first-order chi connectivity index (χ1) is 18.0. The number of nitrogens with zero attached hydrogens (tertiary/aromatic N) is 1. The van der Waals surface area contributed by atoms with Crippen molar-refractivity contribution in [3.05, 3.63) is 81.5 Å². The number of aliphatic hydroxyl groups excluding tert-OH is 1. The molecule has 1 fully saturated rings. The third-order valence-electron chi connectivity index (χ3n) is 7.05. The Morgan fingerprint density at radius 1 is 1.00 bits per heavy atom. The first kappa shape index (κ1) is 25.0. The van der Waals surface area contributed by atoms with Crippen LogP contribution in [0.25, 0.3) is 22.3 Å². The summed E-state index contributed by atoms with van der Waals surface area (Å²) in [6.45, 7) is 0.606. The van der Waals surface area contributed by atoms with Crippen LogP contribution in [0.15, 0.2) is 69.9 Å². The van der Waals surface area contributed by atoms with Crippen LogP contribution in [-0.4, -0.2) is 45.6 Å². The molecule has 0 spiro atoms. The number of aliphatic hydroxyl groups is 1. The average Bonchev–Trinajstić information content (AvgIpc) is 3.35. The molecule has 2 unspecified atom stereocenters. The van der Waals surface area contributed by atoms with E-state index in [0.29, 0.717) is 45.4 Å². The Bertz CT molecular complexity index is 1480. The molecule has 2 heterocycles. The third-order valence-corrected chi connectivity index (χ3v) is 7.38. The van der Waals surface area contributed by atoms with Crippen LogP contribution in [0.1, 0.15) is 17.9 Å². The topological polar surface area (TPSA) is 81.4 Å². The summed E-state index contributed by atoms with van der Waals surface area (Å²) in [5.41, 5.74) is 2.43. The van der Waals surface area contributed by atoms with Crippen LogP contribution in [0.5, 0.6) is 17.2 Å². The molecule has 8 heteroatoms. The van der Waals surface area contributed by atoms with E-state index >= 15 is 0 Å². The van der Waals surface area contributed by atoms with E-state index in [-0.39, 0.29) is 24.0 Å². The Morgan fingerprint density at radius 2 is 1.73 bits per heavy atom. The predicted molar refractivity (Wildman–Crippen MR) is 145 cm³/mol. The highest BCUT2D eigenvalue weighted by molar-refractivity contribution is 6.33. The van der Waals surface area contributed by atoms with E-state index in [1.54, 1.807) is 32.4 Å². The fourth-order valence-corrected chi connectivity index (χ4v) is 5.51. The SMILES string of the molecule is COc1ccc(N2CCC(c3c(OC)cc(OC)c4c(=O)cc(-c5ccccc5Cl)oc34)C2CO)cc1. The summed E-state index contributed by atoms with van der Waals surface area (Å²) in [6.07, 6.45) is 0.717. The molecular weight excluding hydrogens is 494 g/mol. The fourth-order valence-electron chi connectivity index (χ4n) is 5.28. The Hall–Kier alpha value is -3.68. The molecule has 5 rings (SSSR count). The van der Waals surface area contributed by atoms with E-state index in [9.17, 15) is 9.90 Å². The third kappa shape index (κ3) is 4.38. The van der Waals surface area contributed by atoms with Crippen molar-refractivity contribution in [2.45, 2.75) is 18.4 Å². The minimum absolute atomic E-state index is 0.0954.